The van der Waals surface area contributed by atoms with Crippen molar-refractivity contribution in [1.29, 1.82) is 0 Å². The number of aryl methyl sites for hydroxylation is 2. The molecule has 0 amide bonds. The van der Waals surface area contributed by atoms with Crippen LogP contribution in [0.4, 0.5) is 0 Å². The Morgan fingerprint density at radius 2 is 0.522 bits per heavy atom. The SMILES string of the molecule is Brc1ccc2c(c1)C(CCCCCCCCCCn1c3ccc(C4c5ccccc5-c5ccccc54)cc3c3cc(-n4c5ccccc5c5ccccc54)ccc31)(CCCCCCCCCCn1c3ccc(C4c5ccccc5-c5ccccc54)cc3c3cc(-n4c5ccccc5c5ccccc54)ccc31)c1cc(Br)ccc1-2. The van der Waals surface area contributed by atoms with E-state index in [0.717, 1.165) is 13.1 Å². The molecule has 554 valence electrons. The molecule has 4 heterocycles. The van der Waals surface area contributed by atoms with E-state index in [4.69, 9.17) is 0 Å². The largest absolute Gasteiger partial charge is 0.340 e. The molecular formula is C107H92Br2N4. The van der Waals surface area contributed by atoms with Crippen LogP contribution >= 0.6 is 31.9 Å². The molecule has 0 bridgehead atoms. The molecule has 0 saturated heterocycles. The number of fused-ring (bicyclic) bond motifs is 21. The molecule has 0 radical (unpaired) electrons. The molecule has 21 rings (SSSR count). The smallest absolute Gasteiger partial charge is 0.0541 e. The Morgan fingerprint density at radius 3 is 0.876 bits per heavy atom. The van der Waals surface area contributed by atoms with Crippen molar-refractivity contribution in [2.75, 3.05) is 0 Å². The average Bonchev–Trinajstić information content (AvgIpc) is 1.57. The summed E-state index contributed by atoms with van der Waals surface area (Å²) in [6.07, 6.45) is 22.6. The number of para-hydroxylation sites is 4. The van der Waals surface area contributed by atoms with Gasteiger partial charge >= 0.3 is 0 Å². The van der Waals surface area contributed by atoms with Gasteiger partial charge in [0.2, 0.25) is 0 Å². The quantitative estimate of drug-likeness (QED) is 0.0482. The zero-order valence-corrected chi connectivity index (χ0v) is 67.4. The highest BCUT2D eigenvalue weighted by Crippen LogP contribution is 2.57. The fourth-order valence-electron chi connectivity index (χ4n) is 21.4. The Morgan fingerprint density at radius 1 is 0.230 bits per heavy atom. The summed E-state index contributed by atoms with van der Waals surface area (Å²) in [6, 6.07) is 116. The van der Waals surface area contributed by atoms with Crippen LogP contribution in [0.25, 0.3) is 132 Å². The van der Waals surface area contributed by atoms with Crippen molar-refractivity contribution in [2.24, 2.45) is 0 Å². The van der Waals surface area contributed by atoms with Crippen LogP contribution in [0.5, 0.6) is 0 Å². The lowest BCUT2D eigenvalue weighted by Crippen LogP contribution is -2.25. The first-order valence-corrected chi connectivity index (χ1v) is 43.6. The minimum absolute atomic E-state index is 0.0148. The first-order chi connectivity index (χ1) is 55.9. The van der Waals surface area contributed by atoms with E-state index in [-0.39, 0.29) is 17.3 Å². The minimum atomic E-state index is 0.0148. The Kier molecular flexibility index (Phi) is 18.4. The molecule has 0 N–H and O–H groups in total. The molecule has 0 saturated carbocycles. The monoisotopic (exact) mass is 1590 g/mol. The Labute approximate surface area is 679 Å². The van der Waals surface area contributed by atoms with Crippen LogP contribution in [-0.4, -0.2) is 18.3 Å². The van der Waals surface area contributed by atoms with Crippen LogP contribution in [-0.2, 0) is 18.5 Å². The molecule has 4 aromatic heterocycles. The van der Waals surface area contributed by atoms with Gasteiger partial charge in [0, 0.05) is 116 Å². The summed E-state index contributed by atoms with van der Waals surface area (Å²) in [4.78, 5) is 0. The number of aromatic nitrogens is 4. The minimum Gasteiger partial charge on any atom is -0.340 e. The lowest BCUT2D eigenvalue weighted by atomic mass is 9.70. The number of nitrogens with zero attached hydrogens (tertiary/aromatic N) is 4. The zero-order valence-electron chi connectivity index (χ0n) is 64.2. The topological polar surface area (TPSA) is 19.7 Å². The lowest BCUT2D eigenvalue weighted by Gasteiger charge is -2.33. The Bertz CT molecular complexity index is 6130. The number of unbranched alkanes of at least 4 members (excludes halogenated alkanes) is 14. The highest BCUT2D eigenvalue weighted by atomic mass is 79.9. The molecule has 18 aromatic rings. The van der Waals surface area contributed by atoms with Gasteiger partial charge in [0.1, 0.15) is 0 Å². The van der Waals surface area contributed by atoms with Crippen LogP contribution in [0.2, 0.25) is 0 Å². The predicted molar refractivity (Wildman–Crippen MR) is 484 cm³/mol. The van der Waals surface area contributed by atoms with Gasteiger partial charge in [0.25, 0.3) is 0 Å². The summed E-state index contributed by atoms with van der Waals surface area (Å²) in [5.74, 6) is 0.395. The zero-order chi connectivity index (χ0) is 75.1. The molecule has 0 spiro atoms. The van der Waals surface area contributed by atoms with Crippen molar-refractivity contribution >= 4 is 119 Å². The van der Waals surface area contributed by atoms with Crippen molar-refractivity contribution < 1.29 is 0 Å². The van der Waals surface area contributed by atoms with Crippen molar-refractivity contribution in [3.63, 3.8) is 0 Å². The van der Waals surface area contributed by atoms with E-state index in [9.17, 15) is 0 Å². The second-order valence-corrected chi connectivity index (χ2v) is 34.7. The Balaban J connectivity index is 0.462. The molecule has 0 fully saturated rings. The maximum Gasteiger partial charge on any atom is 0.0541 e. The van der Waals surface area contributed by atoms with Crippen LogP contribution in [0.1, 0.15) is 172 Å². The molecule has 113 heavy (non-hydrogen) atoms. The van der Waals surface area contributed by atoms with Gasteiger partial charge in [-0.05, 0) is 213 Å². The number of benzene rings is 14. The lowest BCUT2D eigenvalue weighted by molar-refractivity contribution is 0.396. The van der Waals surface area contributed by atoms with E-state index in [1.165, 1.54) is 301 Å². The summed E-state index contributed by atoms with van der Waals surface area (Å²) < 4.78 is 12.6. The average molecular weight is 1590 g/mol. The van der Waals surface area contributed by atoms with Gasteiger partial charge in [-0.2, -0.15) is 0 Å². The van der Waals surface area contributed by atoms with Crippen LogP contribution < -0.4 is 0 Å². The third kappa shape index (κ3) is 12.1. The third-order valence-electron chi connectivity index (χ3n) is 26.5. The normalized spacial score (nSPS) is 13.6. The first kappa shape index (κ1) is 70.1. The van der Waals surface area contributed by atoms with Crippen molar-refractivity contribution in [3.8, 4) is 44.8 Å². The van der Waals surface area contributed by atoms with Gasteiger partial charge in [0.15, 0.2) is 0 Å². The molecule has 4 nitrogen and oxygen atoms in total. The number of hydrogen-bond acceptors (Lipinski definition) is 0. The maximum absolute atomic E-state index is 3.97. The molecule has 3 aliphatic carbocycles. The van der Waals surface area contributed by atoms with E-state index < -0.39 is 0 Å². The highest BCUT2D eigenvalue weighted by Gasteiger charge is 2.43. The van der Waals surface area contributed by atoms with Crippen molar-refractivity contribution in [3.05, 3.63) is 357 Å². The van der Waals surface area contributed by atoms with E-state index in [1.807, 2.05) is 0 Å². The molecule has 0 atom stereocenters. The number of rotatable bonds is 26. The van der Waals surface area contributed by atoms with Gasteiger partial charge in [0.05, 0.1) is 22.1 Å². The van der Waals surface area contributed by atoms with Crippen LogP contribution in [0, 0.1) is 0 Å². The van der Waals surface area contributed by atoms with E-state index in [1.54, 1.807) is 0 Å². The predicted octanol–water partition coefficient (Wildman–Crippen LogP) is 30.6. The van der Waals surface area contributed by atoms with Gasteiger partial charge in [-0.1, -0.05) is 316 Å². The van der Waals surface area contributed by atoms with E-state index in [2.05, 4.69) is 353 Å². The number of halogens is 2. The van der Waals surface area contributed by atoms with Crippen LogP contribution in [0.3, 0.4) is 0 Å². The molecule has 3 aliphatic rings. The third-order valence-corrected chi connectivity index (χ3v) is 27.5. The Hall–Kier alpha value is -10.8. The maximum atomic E-state index is 3.97. The van der Waals surface area contributed by atoms with Gasteiger partial charge in [-0.25, -0.2) is 0 Å². The highest BCUT2D eigenvalue weighted by molar-refractivity contribution is 9.10. The fourth-order valence-corrected chi connectivity index (χ4v) is 22.1. The number of hydrogen-bond donors (Lipinski definition) is 0. The summed E-state index contributed by atoms with van der Waals surface area (Å²) >= 11 is 7.95. The van der Waals surface area contributed by atoms with Gasteiger partial charge in [-0.3, -0.25) is 0 Å². The fraction of sp³-hybridized carbons (Fsp3) is 0.215. The first-order valence-electron chi connectivity index (χ1n) is 42.0. The van der Waals surface area contributed by atoms with Crippen LogP contribution in [0.15, 0.2) is 312 Å². The molecular weight excluding hydrogens is 1500 g/mol. The van der Waals surface area contributed by atoms with Crippen molar-refractivity contribution in [1.82, 2.24) is 18.3 Å². The molecule has 14 aromatic carbocycles. The summed E-state index contributed by atoms with van der Waals surface area (Å²) in [7, 11) is 0. The van der Waals surface area contributed by atoms with E-state index >= 15 is 0 Å². The molecule has 0 unspecified atom stereocenters. The van der Waals surface area contributed by atoms with Gasteiger partial charge in [-0.15, -0.1) is 0 Å². The van der Waals surface area contributed by atoms with Crippen molar-refractivity contribution in [2.45, 2.75) is 146 Å². The van der Waals surface area contributed by atoms with Gasteiger partial charge < -0.3 is 18.3 Å². The van der Waals surface area contributed by atoms with E-state index in [0.29, 0.717) is 0 Å². The standard InChI is InChI=1S/C107H92Br2N4/c108-73-51-55-81-82-56-52-74(109)68-96(82)107(95(81)67-73,61-29-9-5-1-3-7-11-31-63-110-97-57-49-71(105-87-41-17-13-33-77(87)78-34-14-18-42-88(78)105)65-91(97)93-69-75(53-59-99(93)110)112-101-45-25-21-37-83(101)84-38-22-26-46-102(84)112)62-30-10-6-2-4-8-12-32-64-111-98-58-50-72(106-89-43-19-15-35-79(89)80-36-16-20-44-90(80)106)66-92(98)94-70-76(54-60-100(94)111)113-103-47-27-23-39-85(103)86-40-24-28-48-104(86)113/h13-28,33-60,65-70,105-106H,1-12,29-32,61-64H2. The summed E-state index contributed by atoms with van der Waals surface area (Å²) in [5, 5.41) is 10.5. The molecule has 0 aliphatic heterocycles. The second kappa shape index (κ2) is 29.6. The summed E-state index contributed by atoms with van der Waals surface area (Å²) in [5.41, 5.74) is 32.5. The second-order valence-electron chi connectivity index (χ2n) is 32.8. The molecule has 6 heteroatoms. The summed E-state index contributed by atoms with van der Waals surface area (Å²) in [6.45, 7) is 2.02.